The van der Waals surface area contributed by atoms with Gasteiger partial charge in [-0.05, 0) is 30.5 Å². The lowest BCUT2D eigenvalue weighted by molar-refractivity contribution is -0.190. The molecule has 1 aromatic rings. The van der Waals surface area contributed by atoms with Crippen molar-refractivity contribution in [1.82, 2.24) is 4.90 Å². The third-order valence-corrected chi connectivity index (χ3v) is 5.92. The maximum Gasteiger partial charge on any atom is 0.413 e. The zero-order valence-corrected chi connectivity index (χ0v) is 15.1. The van der Waals surface area contributed by atoms with Crippen LogP contribution in [0.5, 0.6) is 0 Å². The molecule has 1 fully saturated rings. The second-order valence-corrected chi connectivity index (χ2v) is 8.29. The molecule has 1 aliphatic rings. The number of benzene rings is 1. The predicted molar refractivity (Wildman–Crippen MR) is 91.0 cm³/mol. The van der Waals surface area contributed by atoms with Crippen LogP contribution in [0.25, 0.3) is 0 Å². The minimum atomic E-state index is -4.65. The molecule has 25 heavy (non-hydrogen) atoms. The van der Waals surface area contributed by atoms with Crippen LogP contribution in [0.2, 0.25) is 0 Å². The van der Waals surface area contributed by atoms with E-state index in [2.05, 4.69) is 0 Å². The normalized spacial score (nSPS) is 18.9. The highest BCUT2D eigenvalue weighted by Crippen LogP contribution is 2.38. The van der Waals surface area contributed by atoms with E-state index < -0.39 is 33.9 Å². The number of nitrogen functional groups attached to an aromatic ring is 1. The maximum absolute atomic E-state index is 13.5. The summed E-state index contributed by atoms with van der Waals surface area (Å²) in [5.74, 6) is -1.74. The van der Waals surface area contributed by atoms with Crippen molar-refractivity contribution in [3.05, 3.63) is 29.8 Å². The van der Waals surface area contributed by atoms with Crippen molar-refractivity contribution in [3.8, 4) is 0 Å². The van der Waals surface area contributed by atoms with Crippen molar-refractivity contribution in [2.75, 3.05) is 24.3 Å². The second-order valence-electron chi connectivity index (χ2n) is 5.99. The van der Waals surface area contributed by atoms with Crippen LogP contribution < -0.4 is 5.73 Å². The fourth-order valence-electron chi connectivity index (χ4n) is 2.86. The quantitative estimate of drug-likeness (QED) is 0.791. The highest BCUT2D eigenvalue weighted by molar-refractivity contribution is 7.91. The first-order valence-electron chi connectivity index (χ1n) is 7.40. The van der Waals surface area contributed by atoms with Gasteiger partial charge in [-0.1, -0.05) is 12.1 Å². The number of sulfone groups is 1. The number of carbonyl (C=O) groups is 1. The third-order valence-electron chi connectivity index (χ3n) is 4.20. The van der Waals surface area contributed by atoms with Crippen LogP contribution in [0.4, 0.5) is 18.9 Å². The third kappa shape index (κ3) is 5.24. The van der Waals surface area contributed by atoms with Gasteiger partial charge < -0.3 is 10.6 Å². The van der Waals surface area contributed by atoms with Crippen LogP contribution in [0.15, 0.2) is 24.3 Å². The zero-order valence-electron chi connectivity index (χ0n) is 13.5. The maximum atomic E-state index is 13.5. The molecule has 2 N–H and O–H groups in total. The van der Waals surface area contributed by atoms with E-state index >= 15 is 0 Å². The number of halogens is 4. The van der Waals surface area contributed by atoms with Gasteiger partial charge in [-0.2, -0.15) is 13.2 Å². The number of nitrogens with two attached hydrogens (primary N) is 1. The van der Waals surface area contributed by atoms with Crippen molar-refractivity contribution in [3.63, 3.8) is 0 Å². The van der Waals surface area contributed by atoms with E-state index in [0.29, 0.717) is 10.6 Å². The lowest BCUT2D eigenvalue weighted by Gasteiger charge is -2.34. The van der Waals surface area contributed by atoms with Gasteiger partial charge in [-0.15, -0.1) is 12.4 Å². The fraction of sp³-hybridized carbons (Fsp3) is 0.533. The smallest absolute Gasteiger partial charge is 0.399 e. The number of anilines is 1. The molecule has 0 saturated carbocycles. The number of carbonyl (C=O) groups excluding carboxylic acids is 1. The molecule has 1 saturated heterocycles. The van der Waals surface area contributed by atoms with E-state index in [9.17, 15) is 26.4 Å². The van der Waals surface area contributed by atoms with Crippen molar-refractivity contribution in [2.45, 2.75) is 25.1 Å². The summed E-state index contributed by atoms with van der Waals surface area (Å²) in [6, 6.07) is 3.08. The Morgan fingerprint density at radius 3 is 2.12 bits per heavy atom. The van der Waals surface area contributed by atoms with Gasteiger partial charge >= 0.3 is 6.18 Å². The van der Waals surface area contributed by atoms with E-state index in [-0.39, 0.29) is 42.3 Å². The van der Waals surface area contributed by atoms with E-state index in [1.54, 1.807) is 0 Å². The monoisotopic (exact) mass is 400 g/mol. The van der Waals surface area contributed by atoms with Gasteiger partial charge in [0.2, 0.25) is 5.91 Å². The lowest BCUT2D eigenvalue weighted by atomic mass is 9.98. The largest absolute Gasteiger partial charge is 0.413 e. The summed E-state index contributed by atoms with van der Waals surface area (Å²) < 4.78 is 63.3. The summed E-state index contributed by atoms with van der Waals surface area (Å²) in [5, 5.41) is 0. The first kappa shape index (κ1) is 21.6. The predicted octanol–water partition coefficient (Wildman–Crippen LogP) is 2.58. The number of nitrogens with zero attached hydrogens (tertiary/aromatic N) is 1. The lowest BCUT2D eigenvalue weighted by Crippen LogP contribution is -2.44. The molecule has 10 heteroatoms. The molecule has 0 unspecified atom stereocenters. The summed E-state index contributed by atoms with van der Waals surface area (Å²) in [7, 11) is -2.09. The number of amides is 1. The Hall–Kier alpha value is -1.48. The Morgan fingerprint density at radius 1 is 1.20 bits per heavy atom. The number of rotatable bonds is 3. The topological polar surface area (TPSA) is 80.5 Å². The Balaban J connectivity index is 0.00000312. The van der Waals surface area contributed by atoms with Gasteiger partial charge in [0.15, 0.2) is 6.04 Å². The molecule has 0 aliphatic carbocycles. The van der Waals surface area contributed by atoms with Crippen LogP contribution in [-0.4, -0.2) is 44.0 Å². The summed E-state index contributed by atoms with van der Waals surface area (Å²) in [4.78, 5) is 13.1. The summed E-state index contributed by atoms with van der Waals surface area (Å²) in [5.41, 5.74) is 5.73. The molecule has 0 aromatic heterocycles. The molecular weight excluding hydrogens is 381 g/mol. The average Bonchev–Trinajstić information content (AvgIpc) is 2.47. The standard InChI is InChI=1S/C15H19F3N2O3S.ClH/c1-20(14(21)11-6-8-24(22,23)9-7-11)13(15(16,17)18)10-2-4-12(19)5-3-10;/h2-5,11,13H,6-9,19H2,1H3;1H/t13-;/m0./s1. The van der Waals surface area contributed by atoms with Crippen LogP contribution in [0.1, 0.15) is 24.4 Å². The van der Waals surface area contributed by atoms with E-state index in [1.807, 2.05) is 0 Å². The minimum Gasteiger partial charge on any atom is -0.399 e. The van der Waals surface area contributed by atoms with Gasteiger partial charge in [-0.3, -0.25) is 4.79 Å². The molecule has 2 rings (SSSR count). The zero-order chi connectivity index (χ0) is 18.1. The SMILES string of the molecule is CN(C(=O)C1CCS(=O)(=O)CC1)[C@@H](c1ccc(N)cc1)C(F)(F)F.Cl. The number of hydrogen-bond donors (Lipinski definition) is 1. The van der Waals surface area contributed by atoms with E-state index in [1.165, 1.54) is 24.3 Å². The van der Waals surface area contributed by atoms with E-state index in [0.717, 1.165) is 7.05 Å². The Morgan fingerprint density at radius 2 is 1.68 bits per heavy atom. The van der Waals surface area contributed by atoms with Crippen molar-refractivity contribution in [1.29, 1.82) is 0 Å². The second kappa shape index (κ2) is 7.82. The van der Waals surface area contributed by atoms with Crippen LogP contribution in [0.3, 0.4) is 0 Å². The van der Waals surface area contributed by atoms with Crippen molar-refractivity contribution in [2.24, 2.45) is 5.92 Å². The molecule has 5 nitrogen and oxygen atoms in total. The van der Waals surface area contributed by atoms with Gasteiger partial charge in [0.25, 0.3) is 0 Å². The van der Waals surface area contributed by atoms with Gasteiger partial charge in [0.05, 0.1) is 11.5 Å². The molecule has 0 spiro atoms. The van der Waals surface area contributed by atoms with Gasteiger partial charge in [0.1, 0.15) is 9.84 Å². The molecule has 1 amide bonds. The highest BCUT2D eigenvalue weighted by atomic mass is 35.5. The molecular formula is C15H20ClF3N2O3S. The molecule has 1 atom stereocenters. The van der Waals surface area contributed by atoms with Crippen LogP contribution in [-0.2, 0) is 14.6 Å². The number of alkyl halides is 3. The molecule has 0 bridgehead atoms. The van der Waals surface area contributed by atoms with E-state index in [4.69, 9.17) is 5.73 Å². The minimum absolute atomic E-state index is 0. The Kier molecular flexibility index (Phi) is 6.74. The molecule has 1 heterocycles. The van der Waals surface area contributed by atoms with Gasteiger partial charge in [0, 0.05) is 18.7 Å². The van der Waals surface area contributed by atoms with Crippen molar-refractivity contribution < 1.29 is 26.4 Å². The highest BCUT2D eigenvalue weighted by Gasteiger charge is 2.46. The van der Waals surface area contributed by atoms with Crippen molar-refractivity contribution >= 4 is 33.8 Å². The Bertz CT molecular complexity index is 694. The number of hydrogen-bond acceptors (Lipinski definition) is 4. The summed E-state index contributed by atoms with van der Waals surface area (Å²) >= 11 is 0. The molecule has 0 radical (unpaired) electrons. The summed E-state index contributed by atoms with van der Waals surface area (Å²) in [6.07, 6.45) is -4.54. The molecule has 1 aliphatic heterocycles. The van der Waals surface area contributed by atoms with Gasteiger partial charge in [-0.25, -0.2) is 8.42 Å². The summed E-state index contributed by atoms with van der Waals surface area (Å²) in [6.45, 7) is 0. The first-order valence-corrected chi connectivity index (χ1v) is 9.22. The van der Waals surface area contributed by atoms with Crippen LogP contribution in [0, 0.1) is 5.92 Å². The average molecular weight is 401 g/mol. The fourth-order valence-corrected chi connectivity index (χ4v) is 4.35. The van der Waals surface area contributed by atoms with Crippen LogP contribution >= 0.6 is 12.4 Å². The molecule has 142 valence electrons. The molecule has 1 aromatic carbocycles. The first-order chi connectivity index (χ1) is 11.0. The Labute approximate surface area is 150 Å².